The third-order valence-corrected chi connectivity index (χ3v) is 6.47. The van der Waals surface area contributed by atoms with E-state index in [0.29, 0.717) is 59.7 Å². The van der Waals surface area contributed by atoms with Gasteiger partial charge < -0.3 is 25.8 Å². The second-order valence-corrected chi connectivity index (χ2v) is 10.4. The summed E-state index contributed by atoms with van der Waals surface area (Å²) in [4.78, 5) is 35.0. The molecule has 4 rings (SSSR count). The van der Waals surface area contributed by atoms with Crippen LogP contribution in [0, 0.1) is 17.7 Å². The summed E-state index contributed by atoms with van der Waals surface area (Å²) >= 11 is 0. The number of fused-ring (bicyclic) bond motifs is 1. The van der Waals surface area contributed by atoms with Crippen LogP contribution in [-0.2, 0) is 17.6 Å². The van der Waals surface area contributed by atoms with E-state index in [1.54, 1.807) is 30.6 Å². The number of nitrogens with one attached hydrogen (secondary N) is 4. The smallest absolute Gasteiger partial charge is 0.255 e. The van der Waals surface area contributed by atoms with Crippen LogP contribution in [0.1, 0.15) is 48.0 Å². The normalized spacial score (nSPS) is 13.0. The van der Waals surface area contributed by atoms with Crippen LogP contribution in [0.15, 0.2) is 48.8 Å². The van der Waals surface area contributed by atoms with Gasteiger partial charge in [-0.2, -0.15) is 0 Å². The van der Waals surface area contributed by atoms with E-state index in [-0.39, 0.29) is 17.6 Å². The van der Waals surface area contributed by atoms with Gasteiger partial charge in [-0.05, 0) is 52.6 Å². The van der Waals surface area contributed by atoms with Crippen LogP contribution in [0.2, 0.25) is 0 Å². The van der Waals surface area contributed by atoms with Crippen molar-refractivity contribution < 1.29 is 14.0 Å². The molecule has 0 radical (unpaired) electrons. The second kappa shape index (κ2) is 12.2. The highest BCUT2D eigenvalue weighted by molar-refractivity contribution is 6.06. The van der Waals surface area contributed by atoms with Crippen LogP contribution in [0.3, 0.4) is 0 Å². The lowest BCUT2D eigenvalue weighted by atomic mass is 10.0. The van der Waals surface area contributed by atoms with Crippen molar-refractivity contribution in [2.45, 2.75) is 39.2 Å². The molecule has 0 fully saturated rings. The fourth-order valence-corrected chi connectivity index (χ4v) is 4.56. The van der Waals surface area contributed by atoms with Gasteiger partial charge in [-0.15, -0.1) is 0 Å². The third-order valence-electron chi connectivity index (χ3n) is 6.47. The van der Waals surface area contributed by atoms with Crippen molar-refractivity contribution in [2.75, 3.05) is 32.5 Å². The minimum atomic E-state index is -0.819. The molecule has 0 bridgehead atoms. The van der Waals surface area contributed by atoms with Crippen LogP contribution in [0.4, 0.5) is 15.8 Å². The number of hydrogen-bond donors (Lipinski definition) is 4. The number of anilines is 2. The van der Waals surface area contributed by atoms with Crippen molar-refractivity contribution >= 4 is 23.2 Å². The number of benzene rings is 1. The Morgan fingerprint density at radius 1 is 1.27 bits per heavy atom. The summed E-state index contributed by atoms with van der Waals surface area (Å²) in [5.41, 5.74) is 4.17. The average Bonchev–Trinajstić information content (AvgIpc) is 3.26. The number of halogens is 1. The molecule has 0 saturated carbocycles. The van der Waals surface area contributed by atoms with Crippen LogP contribution >= 0.6 is 0 Å². The molecule has 0 atom stereocenters. The van der Waals surface area contributed by atoms with E-state index in [1.807, 2.05) is 45.8 Å². The molecule has 0 spiro atoms. The fourth-order valence-electron chi connectivity index (χ4n) is 4.56. The Morgan fingerprint density at radius 2 is 2.08 bits per heavy atom. The van der Waals surface area contributed by atoms with Crippen molar-refractivity contribution in [1.82, 2.24) is 25.5 Å². The monoisotopic (exact) mass is 542 g/mol. The molecule has 2 amide bonds. The van der Waals surface area contributed by atoms with Crippen molar-refractivity contribution in [1.29, 1.82) is 0 Å². The maximum absolute atomic E-state index is 14.6. The topological polar surface area (TPSA) is 102 Å². The van der Waals surface area contributed by atoms with Gasteiger partial charge in [-0.1, -0.05) is 30.9 Å². The van der Waals surface area contributed by atoms with Crippen molar-refractivity contribution in [3.8, 4) is 23.1 Å². The zero-order valence-electron chi connectivity index (χ0n) is 23.5. The maximum atomic E-state index is 14.6. The Labute approximate surface area is 234 Å². The van der Waals surface area contributed by atoms with E-state index >= 15 is 0 Å². The van der Waals surface area contributed by atoms with E-state index < -0.39 is 5.54 Å². The van der Waals surface area contributed by atoms with Crippen LogP contribution in [-0.4, -0.2) is 59.4 Å². The largest absolute Gasteiger partial charge is 0.356 e. The van der Waals surface area contributed by atoms with Gasteiger partial charge in [0.15, 0.2) is 0 Å². The number of H-pyrrole nitrogens is 1. The number of nitrogens with zero attached hydrogens (tertiary/aromatic N) is 2. The van der Waals surface area contributed by atoms with Crippen LogP contribution < -0.4 is 16.0 Å². The standard InChI is InChI=1S/C31H35FN6O2/c1-6-21-23(32)9-7-10-24(21)35-29-27-25(14-17-34-30(27)40)36-28(29)22-13-16-33-19-20(22)12-15-31(2,3)37-26(39)11-8-18-38(4)5/h7-11,13,16,19,35-36H,6,14,17-18H2,1-5H3,(H,34,40)(H,37,39)/b11-8+. The number of likely N-dealkylation sites (N-methyl/N-ethyl adjacent to an activating group) is 1. The molecule has 0 aliphatic carbocycles. The van der Waals surface area contributed by atoms with Gasteiger partial charge in [-0.3, -0.25) is 14.6 Å². The fraction of sp³-hybridized carbons (Fsp3) is 0.323. The van der Waals surface area contributed by atoms with Gasteiger partial charge in [0, 0.05) is 60.5 Å². The van der Waals surface area contributed by atoms with Crippen LogP contribution in [0.25, 0.3) is 11.3 Å². The second-order valence-electron chi connectivity index (χ2n) is 10.4. The van der Waals surface area contributed by atoms with Gasteiger partial charge in [0.1, 0.15) is 5.82 Å². The zero-order valence-corrected chi connectivity index (χ0v) is 23.5. The van der Waals surface area contributed by atoms with Gasteiger partial charge >= 0.3 is 0 Å². The van der Waals surface area contributed by atoms with Gasteiger partial charge in [0.05, 0.1) is 28.0 Å². The number of amides is 2. The molecule has 0 saturated heterocycles. The highest BCUT2D eigenvalue weighted by Crippen LogP contribution is 2.38. The molecule has 8 nitrogen and oxygen atoms in total. The Morgan fingerprint density at radius 3 is 2.83 bits per heavy atom. The lowest BCUT2D eigenvalue weighted by Gasteiger charge is -2.19. The minimum absolute atomic E-state index is 0.200. The predicted octanol–water partition coefficient (Wildman–Crippen LogP) is 4.17. The Balaban J connectivity index is 1.73. The summed E-state index contributed by atoms with van der Waals surface area (Å²) in [5.74, 6) is 5.59. The number of carbonyl (C=O) groups excluding carboxylic acids is 2. The number of carbonyl (C=O) groups is 2. The molecule has 0 unspecified atom stereocenters. The zero-order chi connectivity index (χ0) is 28.9. The summed E-state index contributed by atoms with van der Waals surface area (Å²) in [6.45, 7) is 6.72. The number of hydrogen-bond acceptors (Lipinski definition) is 5. The number of aromatic nitrogens is 2. The van der Waals surface area contributed by atoms with E-state index in [9.17, 15) is 14.0 Å². The Hall–Kier alpha value is -4.42. The van der Waals surface area contributed by atoms with E-state index in [2.05, 4.69) is 37.8 Å². The maximum Gasteiger partial charge on any atom is 0.255 e. The van der Waals surface area contributed by atoms with Gasteiger partial charge in [0.25, 0.3) is 5.91 Å². The minimum Gasteiger partial charge on any atom is -0.356 e. The molecular formula is C31H35FN6O2. The van der Waals surface area contributed by atoms with E-state index in [4.69, 9.17) is 0 Å². The van der Waals surface area contributed by atoms with Gasteiger partial charge in [0.2, 0.25) is 5.91 Å². The molecule has 1 aliphatic rings. The Kier molecular flexibility index (Phi) is 8.70. The Bertz CT molecular complexity index is 1510. The first-order valence-corrected chi connectivity index (χ1v) is 13.3. The highest BCUT2D eigenvalue weighted by atomic mass is 19.1. The molecule has 1 aromatic carbocycles. The van der Waals surface area contributed by atoms with Crippen molar-refractivity contribution in [2.24, 2.45) is 0 Å². The van der Waals surface area contributed by atoms with Crippen molar-refractivity contribution in [3.05, 3.63) is 77.0 Å². The van der Waals surface area contributed by atoms with Gasteiger partial charge in [-0.25, -0.2) is 4.39 Å². The molecule has 9 heteroatoms. The summed E-state index contributed by atoms with van der Waals surface area (Å²) in [5, 5.41) is 9.18. The quantitative estimate of drug-likeness (QED) is 0.253. The summed E-state index contributed by atoms with van der Waals surface area (Å²) in [6, 6.07) is 6.70. The SMILES string of the molecule is CCc1c(F)cccc1Nc1c(-c2ccncc2C#CC(C)(C)NC(=O)/C=C/CN(C)C)[nH]c2c1C(=O)NCC2. The summed E-state index contributed by atoms with van der Waals surface area (Å²) < 4.78 is 14.6. The molecule has 208 valence electrons. The lowest BCUT2D eigenvalue weighted by molar-refractivity contribution is -0.117. The lowest BCUT2D eigenvalue weighted by Crippen LogP contribution is -2.41. The third kappa shape index (κ3) is 6.58. The molecule has 1 aliphatic heterocycles. The summed E-state index contributed by atoms with van der Waals surface area (Å²) in [7, 11) is 3.86. The summed E-state index contributed by atoms with van der Waals surface area (Å²) in [6.07, 6.45) is 7.72. The molecule has 3 aromatic rings. The average molecular weight is 543 g/mol. The molecule has 3 heterocycles. The van der Waals surface area contributed by atoms with Crippen molar-refractivity contribution in [3.63, 3.8) is 0 Å². The number of rotatable bonds is 8. The van der Waals surface area contributed by atoms with E-state index in [1.165, 1.54) is 12.1 Å². The molecule has 2 aromatic heterocycles. The van der Waals surface area contributed by atoms with E-state index in [0.717, 1.165) is 11.3 Å². The first kappa shape index (κ1) is 28.6. The highest BCUT2D eigenvalue weighted by Gasteiger charge is 2.28. The molecule has 40 heavy (non-hydrogen) atoms. The number of aromatic amines is 1. The van der Waals surface area contributed by atoms with Crippen LogP contribution in [0.5, 0.6) is 0 Å². The predicted molar refractivity (Wildman–Crippen MR) is 156 cm³/mol. The molecular weight excluding hydrogens is 507 g/mol. The molecule has 4 N–H and O–H groups in total. The first-order chi connectivity index (χ1) is 19.1. The number of pyridine rings is 1. The first-order valence-electron chi connectivity index (χ1n) is 13.3.